The molecule has 0 aliphatic rings. The van der Waals surface area contributed by atoms with Gasteiger partial charge in [-0.1, -0.05) is 59.3 Å². The Hall–Kier alpha value is -3.30. The van der Waals surface area contributed by atoms with Crippen LogP contribution >= 0.6 is 0 Å². The number of carbonyl (C=O) groups excluding carboxylic acids is 2. The molecule has 0 aromatic rings. The van der Waals surface area contributed by atoms with Crippen molar-refractivity contribution in [1.82, 2.24) is 0 Å². The zero-order chi connectivity index (χ0) is 37.7. The number of carboxylic acids is 4. The molecule has 0 saturated carbocycles. The molecule has 0 spiro atoms. The molecule has 0 bridgehead atoms. The smallest absolute Gasteiger partial charge is 0.307 e. The lowest BCUT2D eigenvalue weighted by Gasteiger charge is -2.33. The lowest BCUT2D eigenvalue weighted by Crippen LogP contribution is -2.42. The number of unbranched alkanes of at least 4 members (excludes halogenated alkanes) is 4. The van der Waals surface area contributed by atoms with Crippen LogP contribution in [0.1, 0.15) is 124 Å². The number of hydrogen-bond donors (Lipinski definition) is 7. The van der Waals surface area contributed by atoms with Crippen LogP contribution in [0.3, 0.4) is 0 Å². The second-order valence-corrected chi connectivity index (χ2v) is 13.4. The molecule has 0 rings (SSSR count). The third kappa shape index (κ3) is 21.4. The molecule has 0 aliphatic heterocycles. The first-order valence-electron chi connectivity index (χ1n) is 17.3. The molecule has 8 N–H and O–H groups in total. The number of aliphatic hydroxyl groups excluding tert-OH is 2. The molecule has 0 radical (unpaired) electrons. The highest BCUT2D eigenvalue weighted by atomic mass is 16.6. The quantitative estimate of drug-likeness (QED) is 0.0433. The van der Waals surface area contributed by atoms with Gasteiger partial charge in [-0.3, -0.25) is 28.8 Å². The highest BCUT2D eigenvalue weighted by Gasteiger charge is 2.37. The van der Waals surface area contributed by atoms with Gasteiger partial charge in [0.05, 0.1) is 49.7 Å². The van der Waals surface area contributed by atoms with Crippen molar-refractivity contribution in [3.8, 4) is 0 Å². The van der Waals surface area contributed by atoms with E-state index in [0.717, 1.165) is 32.1 Å². The van der Waals surface area contributed by atoms with Crippen LogP contribution in [-0.2, 0) is 38.2 Å². The summed E-state index contributed by atoms with van der Waals surface area (Å²) in [5.41, 5.74) is 5.68. The van der Waals surface area contributed by atoms with Gasteiger partial charge < -0.3 is 45.8 Å². The van der Waals surface area contributed by atoms with Gasteiger partial charge >= 0.3 is 35.8 Å². The number of aliphatic hydroxyl groups is 2. The first-order chi connectivity index (χ1) is 22.9. The molecular weight excluding hydrogens is 646 g/mol. The number of carboxylic acid groups (broad SMARTS) is 4. The Kier molecular flexibility index (Phi) is 23.1. The van der Waals surface area contributed by atoms with Crippen molar-refractivity contribution >= 4 is 35.8 Å². The van der Waals surface area contributed by atoms with Gasteiger partial charge in [-0.05, 0) is 50.9 Å². The Morgan fingerprint density at radius 2 is 1.12 bits per heavy atom. The summed E-state index contributed by atoms with van der Waals surface area (Å²) >= 11 is 0. The van der Waals surface area contributed by atoms with E-state index in [4.69, 9.17) is 25.4 Å². The van der Waals surface area contributed by atoms with Crippen molar-refractivity contribution in [3.05, 3.63) is 0 Å². The molecule has 0 fully saturated rings. The summed E-state index contributed by atoms with van der Waals surface area (Å²) in [5, 5.41) is 57.6. The maximum atomic E-state index is 13.0. The van der Waals surface area contributed by atoms with Crippen LogP contribution in [0.5, 0.6) is 0 Å². The first kappa shape index (κ1) is 45.7. The Labute approximate surface area is 288 Å². The van der Waals surface area contributed by atoms with E-state index >= 15 is 0 Å². The zero-order valence-electron chi connectivity index (χ0n) is 29.3. The number of carbonyl (C=O) groups is 6. The van der Waals surface area contributed by atoms with E-state index in [2.05, 4.69) is 0 Å². The van der Waals surface area contributed by atoms with Gasteiger partial charge in [-0.15, -0.1) is 0 Å². The summed E-state index contributed by atoms with van der Waals surface area (Å²) in [6.07, 6.45) is -0.0465. The van der Waals surface area contributed by atoms with Gasteiger partial charge in [0, 0.05) is 6.04 Å². The molecule has 0 aliphatic carbocycles. The van der Waals surface area contributed by atoms with E-state index in [-0.39, 0.29) is 24.8 Å². The Bertz CT molecular complexity index is 1030. The Morgan fingerprint density at radius 1 is 0.633 bits per heavy atom. The van der Waals surface area contributed by atoms with Gasteiger partial charge in [0.15, 0.2) is 0 Å². The maximum Gasteiger partial charge on any atom is 0.307 e. The van der Waals surface area contributed by atoms with E-state index in [1.807, 2.05) is 6.92 Å². The summed E-state index contributed by atoms with van der Waals surface area (Å²) in [6.45, 7) is 7.23. The third-order valence-electron chi connectivity index (χ3n) is 8.56. The Balaban J connectivity index is 5.94. The van der Waals surface area contributed by atoms with Crippen molar-refractivity contribution in [2.75, 3.05) is 0 Å². The fourth-order valence-electron chi connectivity index (χ4n) is 5.66. The molecule has 0 saturated heterocycles. The lowest BCUT2D eigenvalue weighted by molar-refractivity contribution is -0.177. The molecule has 7 unspecified atom stereocenters. The number of hydrogen-bond acceptors (Lipinski definition) is 11. The molecule has 9 atom stereocenters. The minimum atomic E-state index is -1.57. The topological polar surface area (TPSA) is 268 Å². The van der Waals surface area contributed by atoms with Crippen LogP contribution < -0.4 is 5.73 Å². The summed E-state index contributed by atoms with van der Waals surface area (Å²) in [6, 6.07) is -0.300. The van der Waals surface area contributed by atoms with Gasteiger partial charge in [0.2, 0.25) is 0 Å². The number of nitrogens with two attached hydrogens (primary N) is 1. The summed E-state index contributed by atoms with van der Waals surface area (Å²) < 4.78 is 11.4. The molecule has 15 heteroatoms. The fourth-order valence-corrected chi connectivity index (χ4v) is 5.66. The van der Waals surface area contributed by atoms with Crippen LogP contribution in [0, 0.1) is 23.7 Å². The molecular formula is C34H59NO14. The molecule has 0 heterocycles. The minimum absolute atomic E-state index is 0.0700. The number of rotatable bonds is 29. The van der Waals surface area contributed by atoms with Crippen molar-refractivity contribution in [2.24, 2.45) is 29.4 Å². The van der Waals surface area contributed by atoms with Crippen molar-refractivity contribution in [3.63, 3.8) is 0 Å². The van der Waals surface area contributed by atoms with Crippen molar-refractivity contribution in [2.45, 2.75) is 154 Å². The summed E-state index contributed by atoms with van der Waals surface area (Å²) in [4.78, 5) is 71.6. The van der Waals surface area contributed by atoms with Gasteiger partial charge in [-0.2, -0.15) is 0 Å². The first-order valence-corrected chi connectivity index (χ1v) is 17.3. The molecule has 0 aromatic heterocycles. The zero-order valence-corrected chi connectivity index (χ0v) is 29.3. The highest BCUT2D eigenvalue weighted by Crippen LogP contribution is 2.29. The number of aliphatic carboxylic acids is 4. The van der Waals surface area contributed by atoms with E-state index in [1.54, 1.807) is 20.8 Å². The van der Waals surface area contributed by atoms with E-state index in [9.17, 15) is 49.2 Å². The molecule has 284 valence electrons. The fraction of sp³-hybridized carbons (Fsp3) is 0.824. The Morgan fingerprint density at radius 3 is 1.57 bits per heavy atom. The van der Waals surface area contributed by atoms with Crippen molar-refractivity contribution in [1.29, 1.82) is 0 Å². The maximum absolute atomic E-state index is 13.0. The SMILES string of the molecule is CCCCC(C)C(OC(=O)CC(CC(=O)O)C(=O)O)C(CC(C)CC(O)CCCCCC[C@H](O)[C@H](C)N)OC(=O)CC(CC(=O)O)C(=O)O. The third-order valence-corrected chi connectivity index (χ3v) is 8.56. The molecule has 0 amide bonds. The standard InChI is InChI=1S/C34H59NO14/c1-5-6-11-21(3)32(49-31(43)19-24(34(46)47)17-29(40)41)27(48-30(42)18-23(33(44)45)16-28(38)39)15-20(2)14-25(36)12-9-7-8-10-13-26(37)22(4)35/h20-27,32,36-37H,5-19,35H2,1-4H3,(H,38,39)(H,40,41)(H,44,45)(H,46,47)/t20?,21?,22-,23?,24?,25?,26-,27?,32?/m0/s1. The van der Waals surface area contributed by atoms with Gasteiger partial charge in [-0.25, -0.2) is 0 Å². The number of esters is 2. The monoisotopic (exact) mass is 705 g/mol. The average molecular weight is 706 g/mol. The largest absolute Gasteiger partial charge is 0.481 e. The molecule has 49 heavy (non-hydrogen) atoms. The average Bonchev–Trinajstić information content (AvgIpc) is 2.98. The predicted octanol–water partition coefficient (Wildman–Crippen LogP) is 3.59. The van der Waals surface area contributed by atoms with Crippen LogP contribution in [0.4, 0.5) is 0 Å². The van der Waals surface area contributed by atoms with E-state index in [0.29, 0.717) is 25.7 Å². The van der Waals surface area contributed by atoms with Crippen LogP contribution in [-0.4, -0.2) is 96.9 Å². The van der Waals surface area contributed by atoms with Gasteiger partial charge in [0.1, 0.15) is 12.2 Å². The molecule has 15 nitrogen and oxygen atoms in total. The summed E-state index contributed by atoms with van der Waals surface area (Å²) in [7, 11) is 0. The van der Waals surface area contributed by atoms with Crippen LogP contribution in [0.15, 0.2) is 0 Å². The molecule has 0 aromatic carbocycles. The highest BCUT2D eigenvalue weighted by molar-refractivity contribution is 5.83. The van der Waals surface area contributed by atoms with E-state index < -0.39 is 104 Å². The van der Waals surface area contributed by atoms with Crippen molar-refractivity contribution < 1.29 is 68.9 Å². The second-order valence-electron chi connectivity index (χ2n) is 13.4. The normalized spacial score (nSPS) is 17.0. The second kappa shape index (κ2) is 24.8. The minimum Gasteiger partial charge on any atom is -0.481 e. The van der Waals surface area contributed by atoms with Crippen LogP contribution in [0.25, 0.3) is 0 Å². The van der Waals surface area contributed by atoms with Crippen LogP contribution in [0.2, 0.25) is 0 Å². The summed E-state index contributed by atoms with van der Waals surface area (Å²) in [5.74, 6) is -11.8. The van der Waals surface area contributed by atoms with Gasteiger partial charge in [0.25, 0.3) is 0 Å². The predicted molar refractivity (Wildman–Crippen MR) is 176 cm³/mol. The van der Waals surface area contributed by atoms with E-state index in [1.165, 1.54) is 0 Å². The lowest BCUT2D eigenvalue weighted by atomic mass is 9.87. The number of ether oxygens (including phenoxy) is 2.